The fourth-order valence-corrected chi connectivity index (χ4v) is 4.76. The summed E-state index contributed by atoms with van der Waals surface area (Å²) in [5, 5.41) is 0. The summed E-state index contributed by atoms with van der Waals surface area (Å²) in [6, 6.07) is 11.7. The van der Waals surface area contributed by atoms with Crippen LogP contribution in [0.25, 0.3) is 10.2 Å². The first-order valence-electron chi connectivity index (χ1n) is 8.49. The van der Waals surface area contributed by atoms with Gasteiger partial charge in [-0.1, -0.05) is 24.3 Å². The topological polar surface area (TPSA) is 77.7 Å². The van der Waals surface area contributed by atoms with E-state index in [0.29, 0.717) is 11.3 Å². The Morgan fingerprint density at radius 2 is 1.96 bits per heavy atom. The van der Waals surface area contributed by atoms with Crippen LogP contribution in [0.1, 0.15) is 24.2 Å². The number of hydrogen-bond donors (Lipinski definition) is 0. The number of methoxy groups -OCH3 is 1. The molecule has 1 heterocycles. The lowest BCUT2D eigenvalue weighted by atomic mass is 10.2. The van der Waals surface area contributed by atoms with Crippen molar-refractivity contribution in [2.24, 2.45) is 4.99 Å². The van der Waals surface area contributed by atoms with Crippen LogP contribution in [0.4, 0.5) is 0 Å². The predicted octanol–water partition coefficient (Wildman–Crippen LogP) is 3.27. The largest absolute Gasteiger partial charge is 0.497 e. The maximum absolute atomic E-state index is 12.7. The van der Waals surface area contributed by atoms with Crippen LogP contribution in [0.2, 0.25) is 0 Å². The number of carbonyl (C=O) groups is 1. The molecule has 27 heavy (non-hydrogen) atoms. The molecule has 0 bridgehead atoms. The molecule has 0 aliphatic carbocycles. The van der Waals surface area contributed by atoms with Gasteiger partial charge in [0.1, 0.15) is 5.75 Å². The van der Waals surface area contributed by atoms with Crippen molar-refractivity contribution in [3.8, 4) is 5.75 Å². The number of fused-ring (bicyclic) bond motifs is 1. The van der Waals surface area contributed by atoms with Crippen LogP contribution >= 0.6 is 11.3 Å². The minimum absolute atomic E-state index is 0.0181. The van der Waals surface area contributed by atoms with Gasteiger partial charge in [0.2, 0.25) is 0 Å². The lowest BCUT2D eigenvalue weighted by Gasteiger charge is -2.03. The monoisotopic (exact) mass is 404 g/mol. The van der Waals surface area contributed by atoms with Gasteiger partial charge in [-0.25, -0.2) is 8.42 Å². The van der Waals surface area contributed by atoms with Gasteiger partial charge in [0.15, 0.2) is 14.6 Å². The van der Waals surface area contributed by atoms with Gasteiger partial charge < -0.3 is 9.30 Å². The second kappa shape index (κ2) is 7.66. The molecule has 0 N–H and O–H groups in total. The Balaban J connectivity index is 2.09. The maximum Gasteiger partial charge on any atom is 0.279 e. The summed E-state index contributed by atoms with van der Waals surface area (Å²) in [7, 11) is -1.77. The predicted molar refractivity (Wildman–Crippen MR) is 106 cm³/mol. The SMILES string of the molecule is CCn1c(=NC(=O)c2cccc(S(=O)(=O)CC)c2)sc2cc(OC)ccc21. The number of hydrogen-bond acceptors (Lipinski definition) is 5. The molecule has 3 rings (SSSR count). The Morgan fingerprint density at radius 3 is 2.63 bits per heavy atom. The number of aryl methyl sites for hydroxylation is 1. The van der Waals surface area contributed by atoms with Crippen LogP contribution < -0.4 is 9.54 Å². The van der Waals surface area contributed by atoms with Gasteiger partial charge in [-0.15, -0.1) is 0 Å². The summed E-state index contributed by atoms with van der Waals surface area (Å²) in [4.78, 5) is 17.6. The van der Waals surface area contributed by atoms with Crippen LogP contribution in [-0.2, 0) is 16.4 Å². The number of thiazole rings is 1. The number of amides is 1. The van der Waals surface area contributed by atoms with Gasteiger partial charge in [0.05, 0.1) is 28.0 Å². The molecule has 0 fully saturated rings. The summed E-state index contributed by atoms with van der Waals surface area (Å²) >= 11 is 1.39. The zero-order valence-electron chi connectivity index (χ0n) is 15.3. The van der Waals surface area contributed by atoms with Gasteiger partial charge in [-0.2, -0.15) is 4.99 Å². The van der Waals surface area contributed by atoms with Crippen LogP contribution in [-0.4, -0.2) is 31.8 Å². The lowest BCUT2D eigenvalue weighted by molar-refractivity contribution is 0.0997. The fourth-order valence-electron chi connectivity index (χ4n) is 2.71. The number of nitrogens with zero attached hydrogens (tertiary/aromatic N) is 2. The molecule has 0 spiro atoms. The highest BCUT2D eigenvalue weighted by atomic mass is 32.2. The van der Waals surface area contributed by atoms with E-state index >= 15 is 0 Å². The van der Waals surface area contributed by atoms with Gasteiger partial charge in [0, 0.05) is 12.1 Å². The van der Waals surface area contributed by atoms with E-state index in [1.54, 1.807) is 26.2 Å². The smallest absolute Gasteiger partial charge is 0.279 e. The highest BCUT2D eigenvalue weighted by molar-refractivity contribution is 7.91. The normalized spacial score (nSPS) is 12.5. The van der Waals surface area contributed by atoms with Crippen molar-refractivity contribution >= 4 is 37.3 Å². The first kappa shape index (κ1) is 19.3. The second-order valence-corrected chi connectivity index (χ2v) is 9.10. The summed E-state index contributed by atoms with van der Waals surface area (Å²) in [5.74, 6) is 0.252. The van der Waals surface area contributed by atoms with Crippen molar-refractivity contribution in [1.29, 1.82) is 0 Å². The summed E-state index contributed by atoms with van der Waals surface area (Å²) in [6.07, 6.45) is 0. The third kappa shape index (κ3) is 3.81. The Bertz CT molecular complexity index is 1170. The van der Waals surface area contributed by atoms with Gasteiger partial charge in [-0.3, -0.25) is 4.79 Å². The maximum atomic E-state index is 12.7. The van der Waals surface area contributed by atoms with E-state index in [0.717, 1.165) is 16.0 Å². The van der Waals surface area contributed by atoms with E-state index in [9.17, 15) is 13.2 Å². The van der Waals surface area contributed by atoms with Crippen molar-refractivity contribution in [2.75, 3.05) is 12.9 Å². The van der Waals surface area contributed by atoms with Crippen molar-refractivity contribution in [3.63, 3.8) is 0 Å². The highest BCUT2D eigenvalue weighted by Crippen LogP contribution is 2.23. The molecule has 0 unspecified atom stereocenters. The van der Waals surface area contributed by atoms with Gasteiger partial charge >= 0.3 is 0 Å². The first-order valence-corrected chi connectivity index (χ1v) is 11.0. The molecule has 0 saturated heterocycles. The minimum atomic E-state index is -3.38. The van der Waals surface area contributed by atoms with E-state index in [1.165, 1.54) is 23.5 Å². The molecule has 0 radical (unpaired) electrons. The van der Waals surface area contributed by atoms with Gasteiger partial charge in [0.25, 0.3) is 5.91 Å². The molecule has 0 aliphatic heterocycles. The molecule has 0 aliphatic rings. The number of benzene rings is 2. The summed E-state index contributed by atoms with van der Waals surface area (Å²) in [6.45, 7) is 4.21. The van der Waals surface area contributed by atoms with Crippen LogP contribution in [0.5, 0.6) is 5.75 Å². The number of aromatic nitrogens is 1. The average molecular weight is 405 g/mol. The number of carbonyl (C=O) groups excluding carboxylic acids is 1. The highest BCUT2D eigenvalue weighted by Gasteiger charge is 2.15. The Hall–Kier alpha value is -2.45. The zero-order chi connectivity index (χ0) is 19.6. The van der Waals surface area contributed by atoms with Crippen molar-refractivity contribution < 1.29 is 17.9 Å². The lowest BCUT2D eigenvalue weighted by Crippen LogP contribution is -2.16. The van der Waals surface area contributed by atoms with Crippen molar-refractivity contribution in [3.05, 3.63) is 52.8 Å². The van der Waals surface area contributed by atoms with Gasteiger partial charge in [-0.05, 0) is 43.3 Å². The standard InChI is InChI=1S/C19H20N2O4S2/c1-4-21-16-10-9-14(25-3)12-17(16)26-19(21)20-18(22)13-7-6-8-15(11-13)27(23,24)5-2/h6-12H,4-5H2,1-3H3. The molecule has 3 aromatic rings. The molecular weight excluding hydrogens is 384 g/mol. The Morgan fingerprint density at radius 1 is 1.19 bits per heavy atom. The Kier molecular flexibility index (Phi) is 5.48. The molecular formula is C19H20N2O4S2. The molecule has 1 aromatic heterocycles. The summed E-state index contributed by atoms with van der Waals surface area (Å²) < 4.78 is 32.3. The Labute approximate surface area is 161 Å². The molecule has 6 nitrogen and oxygen atoms in total. The minimum Gasteiger partial charge on any atom is -0.497 e. The third-order valence-corrected chi connectivity index (χ3v) is 7.00. The molecule has 1 amide bonds. The zero-order valence-corrected chi connectivity index (χ0v) is 16.9. The quantitative estimate of drug-likeness (QED) is 0.654. The number of sulfone groups is 1. The first-order chi connectivity index (χ1) is 12.9. The van der Waals surface area contributed by atoms with E-state index in [1.807, 2.05) is 29.7 Å². The fraction of sp³-hybridized carbons (Fsp3) is 0.263. The van der Waals surface area contributed by atoms with E-state index < -0.39 is 15.7 Å². The van der Waals surface area contributed by atoms with Crippen LogP contribution in [0.15, 0.2) is 52.4 Å². The van der Waals surface area contributed by atoms with Crippen LogP contribution in [0.3, 0.4) is 0 Å². The third-order valence-electron chi connectivity index (χ3n) is 4.22. The molecule has 0 saturated carbocycles. The molecule has 2 aromatic carbocycles. The molecule has 142 valence electrons. The molecule has 8 heteroatoms. The average Bonchev–Trinajstić information content (AvgIpc) is 3.03. The van der Waals surface area contributed by atoms with Crippen molar-refractivity contribution in [1.82, 2.24) is 4.57 Å². The van der Waals surface area contributed by atoms with E-state index in [-0.39, 0.29) is 16.2 Å². The molecule has 0 atom stereocenters. The second-order valence-electron chi connectivity index (χ2n) is 5.81. The van der Waals surface area contributed by atoms with Crippen LogP contribution in [0, 0.1) is 0 Å². The van der Waals surface area contributed by atoms with E-state index in [2.05, 4.69) is 4.99 Å². The number of rotatable bonds is 5. The van der Waals surface area contributed by atoms with E-state index in [4.69, 9.17) is 4.74 Å². The number of ether oxygens (including phenoxy) is 1. The van der Waals surface area contributed by atoms with Crippen molar-refractivity contribution in [2.45, 2.75) is 25.3 Å². The summed E-state index contributed by atoms with van der Waals surface area (Å²) in [5.41, 5.74) is 1.22.